The highest BCUT2D eigenvalue weighted by Gasteiger charge is 2.27. The maximum absolute atomic E-state index is 12.8. The molecule has 1 aromatic heterocycles. The molecule has 0 aliphatic heterocycles. The fourth-order valence-electron chi connectivity index (χ4n) is 3.11. The van der Waals surface area contributed by atoms with Crippen LogP contribution in [0.3, 0.4) is 0 Å². The molecule has 1 atom stereocenters. The Hall–Kier alpha value is -3.22. The minimum Gasteiger partial charge on any atom is -0.497 e. The second-order valence-electron chi connectivity index (χ2n) is 6.93. The van der Waals surface area contributed by atoms with Gasteiger partial charge in [0, 0.05) is 6.54 Å². The Morgan fingerprint density at radius 1 is 1.14 bits per heavy atom. The van der Waals surface area contributed by atoms with E-state index in [-0.39, 0.29) is 17.4 Å². The van der Waals surface area contributed by atoms with Gasteiger partial charge in [-0.15, -0.1) is 5.10 Å². The summed E-state index contributed by atoms with van der Waals surface area (Å²) in [6.45, 7) is 4.23. The first kappa shape index (κ1) is 19.5. The molecule has 0 bridgehead atoms. The molecule has 1 N–H and O–H groups in total. The molecule has 0 radical (unpaired) electrons. The Kier molecular flexibility index (Phi) is 6.03. The van der Waals surface area contributed by atoms with Gasteiger partial charge in [-0.2, -0.15) is 4.68 Å². The zero-order valence-electron chi connectivity index (χ0n) is 16.3. The summed E-state index contributed by atoms with van der Waals surface area (Å²) in [5, 5.41) is 11.5. The summed E-state index contributed by atoms with van der Waals surface area (Å²) >= 11 is 0. The van der Waals surface area contributed by atoms with Crippen molar-refractivity contribution in [2.75, 3.05) is 13.7 Å². The van der Waals surface area contributed by atoms with Gasteiger partial charge in [0.2, 0.25) is 5.91 Å². The standard InChI is InChI=1S/C21H24N4O3/c1-14(2)19(25-21(27)17-6-4-5-7-18(17)23-24-25)20(26)22-13-12-15-8-10-16(28-3)11-9-15/h4-11,14,19H,12-13H2,1-3H3,(H,22,26)/t19-/m0/s1. The van der Waals surface area contributed by atoms with Gasteiger partial charge in [0.1, 0.15) is 17.3 Å². The van der Waals surface area contributed by atoms with Crippen molar-refractivity contribution in [2.24, 2.45) is 5.92 Å². The lowest BCUT2D eigenvalue weighted by Crippen LogP contribution is -2.42. The summed E-state index contributed by atoms with van der Waals surface area (Å²) in [6.07, 6.45) is 0.679. The van der Waals surface area contributed by atoms with Gasteiger partial charge in [-0.3, -0.25) is 9.59 Å². The summed E-state index contributed by atoms with van der Waals surface area (Å²) in [5.41, 5.74) is 1.30. The predicted molar refractivity (Wildman–Crippen MR) is 107 cm³/mol. The lowest BCUT2D eigenvalue weighted by Gasteiger charge is -2.21. The minimum atomic E-state index is -0.722. The van der Waals surface area contributed by atoms with Crippen LogP contribution in [0.2, 0.25) is 0 Å². The van der Waals surface area contributed by atoms with E-state index in [1.807, 2.05) is 38.1 Å². The molecule has 7 nitrogen and oxygen atoms in total. The molecular weight excluding hydrogens is 356 g/mol. The zero-order chi connectivity index (χ0) is 20.1. The molecule has 0 fully saturated rings. The molecule has 0 aliphatic rings. The van der Waals surface area contributed by atoms with Crippen LogP contribution >= 0.6 is 0 Å². The van der Waals surface area contributed by atoms with Crippen LogP contribution in [0, 0.1) is 5.92 Å². The van der Waals surface area contributed by atoms with Gasteiger partial charge in [0.15, 0.2) is 0 Å². The first-order chi connectivity index (χ1) is 13.5. The summed E-state index contributed by atoms with van der Waals surface area (Å²) < 4.78 is 6.34. The molecule has 7 heteroatoms. The second kappa shape index (κ2) is 8.65. The molecule has 1 amide bonds. The molecule has 0 aliphatic carbocycles. The Balaban J connectivity index is 1.74. The largest absolute Gasteiger partial charge is 0.497 e. The molecule has 3 rings (SSSR count). The predicted octanol–water partition coefficient (Wildman–Crippen LogP) is 2.36. The lowest BCUT2D eigenvalue weighted by atomic mass is 10.0. The van der Waals surface area contributed by atoms with Crippen molar-refractivity contribution in [3.05, 3.63) is 64.4 Å². The van der Waals surface area contributed by atoms with E-state index in [0.29, 0.717) is 23.9 Å². The molecule has 146 valence electrons. The highest BCUT2D eigenvalue weighted by Crippen LogP contribution is 2.16. The summed E-state index contributed by atoms with van der Waals surface area (Å²) in [6, 6.07) is 14.0. The van der Waals surface area contributed by atoms with Crippen molar-refractivity contribution in [3.63, 3.8) is 0 Å². The molecular formula is C21H24N4O3. The normalized spacial score (nSPS) is 12.1. The Morgan fingerprint density at radius 2 is 1.86 bits per heavy atom. The van der Waals surface area contributed by atoms with E-state index in [4.69, 9.17) is 4.74 Å². The van der Waals surface area contributed by atoms with Crippen molar-refractivity contribution < 1.29 is 9.53 Å². The van der Waals surface area contributed by atoms with Gasteiger partial charge in [-0.05, 0) is 42.2 Å². The number of fused-ring (bicyclic) bond motifs is 1. The number of carbonyl (C=O) groups excluding carboxylic acids is 1. The summed E-state index contributed by atoms with van der Waals surface area (Å²) in [7, 11) is 1.62. The third kappa shape index (κ3) is 4.19. The first-order valence-electron chi connectivity index (χ1n) is 9.26. The van der Waals surface area contributed by atoms with Gasteiger partial charge in [-0.25, -0.2) is 0 Å². The molecule has 1 heterocycles. The van der Waals surface area contributed by atoms with Crippen LogP contribution in [-0.4, -0.2) is 34.6 Å². The number of nitrogens with one attached hydrogen (secondary N) is 1. The van der Waals surface area contributed by atoms with Crippen molar-refractivity contribution in [1.29, 1.82) is 0 Å². The van der Waals surface area contributed by atoms with Crippen LogP contribution in [0.5, 0.6) is 5.75 Å². The Morgan fingerprint density at radius 3 is 2.54 bits per heavy atom. The minimum absolute atomic E-state index is 0.117. The maximum Gasteiger partial charge on any atom is 0.278 e. The summed E-state index contributed by atoms with van der Waals surface area (Å²) in [5.74, 6) is 0.436. The van der Waals surface area contributed by atoms with Gasteiger partial charge in [-0.1, -0.05) is 43.3 Å². The van der Waals surface area contributed by atoms with Gasteiger partial charge in [0.05, 0.1) is 12.5 Å². The van der Waals surface area contributed by atoms with E-state index in [0.717, 1.165) is 11.3 Å². The zero-order valence-corrected chi connectivity index (χ0v) is 16.3. The van der Waals surface area contributed by atoms with Crippen LogP contribution in [-0.2, 0) is 11.2 Å². The number of ether oxygens (including phenoxy) is 1. The van der Waals surface area contributed by atoms with Crippen molar-refractivity contribution in [2.45, 2.75) is 26.3 Å². The highest BCUT2D eigenvalue weighted by molar-refractivity contribution is 5.81. The van der Waals surface area contributed by atoms with E-state index >= 15 is 0 Å². The van der Waals surface area contributed by atoms with Gasteiger partial charge >= 0.3 is 0 Å². The lowest BCUT2D eigenvalue weighted by molar-refractivity contribution is -0.126. The number of aromatic nitrogens is 3. The molecule has 28 heavy (non-hydrogen) atoms. The smallest absolute Gasteiger partial charge is 0.278 e. The molecule has 0 unspecified atom stereocenters. The Bertz CT molecular complexity index is 1010. The number of hydrogen-bond donors (Lipinski definition) is 1. The third-order valence-electron chi connectivity index (χ3n) is 4.63. The van der Waals surface area contributed by atoms with Crippen LogP contribution in [0.1, 0.15) is 25.5 Å². The molecule has 0 spiro atoms. The molecule has 2 aromatic carbocycles. The van der Waals surface area contributed by atoms with E-state index < -0.39 is 6.04 Å². The van der Waals surface area contributed by atoms with E-state index in [1.165, 1.54) is 4.68 Å². The Labute approximate surface area is 163 Å². The van der Waals surface area contributed by atoms with Crippen LogP contribution in [0.15, 0.2) is 53.3 Å². The fourth-order valence-corrected chi connectivity index (χ4v) is 3.11. The van der Waals surface area contributed by atoms with Crippen LogP contribution in [0.25, 0.3) is 10.9 Å². The number of carbonyl (C=O) groups is 1. The first-order valence-corrected chi connectivity index (χ1v) is 9.26. The van der Waals surface area contributed by atoms with E-state index in [9.17, 15) is 9.59 Å². The molecule has 0 saturated heterocycles. The van der Waals surface area contributed by atoms with Crippen LogP contribution < -0.4 is 15.6 Å². The number of hydrogen-bond acceptors (Lipinski definition) is 5. The summed E-state index contributed by atoms with van der Waals surface area (Å²) in [4.78, 5) is 25.6. The average molecular weight is 380 g/mol. The maximum atomic E-state index is 12.8. The van der Waals surface area contributed by atoms with Crippen molar-refractivity contribution in [1.82, 2.24) is 20.3 Å². The number of methoxy groups -OCH3 is 1. The SMILES string of the molecule is COc1ccc(CCNC(=O)[C@H](C(C)C)n2nnc3ccccc3c2=O)cc1. The number of nitrogens with zero attached hydrogens (tertiary/aromatic N) is 3. The topological polar surface area (TPSA) is 86.1 Å². The van der Waals surface area contributed by atoms with Crippen molar-refractivity contribution >= 4 is 16.8 Å². The quantitative estimate of drug-likeness (QED) is 0.680. The molecule has 0 saturated carbocycles. The monoisotopic (exact) mass is 380 g/mol. The van der Waals surface area contributed by atoms with Crippen LogP contribution in [0.4, 0.5) is 0 Å². The highest BCUT2D eigenvalue weighted by atomic mass is 16.5. The van der Waals surface area contributed by atoms with Gasteiger partial charge in [0.25, 0.3) is 5.56 Å². The van der Waals surface area contributed by atoms with Crippen molar-refractivity contribution in [3.8, 4) is 5.75 Å². The third-order valence-corrected chi connectivity index (χ3v) is 4.63. The van der Waals surface area contributed by atoms with Gasteiger partial charge < -0.3 is 10.1 Å². The fraction of sp³-hybridized carbons (Fsp3) is 0.333. The number of rotatable bonds is 7. The number of benzene rings is 2. The average Bonchev–Trinajstić information content (AvgIpc) is 2.70. The molecule has 3 aromatic rings. The number of amides is 1. The van der Waals surface area contributed by atoms with E-state index in [2.05, 4.69) is 15.6 Å². The van der Waals surface area contributed by atoms with E-state index in [1.54, 1.807) is 31.4 Å². The second-order valence-corrected chi connectivity index (χ2v) is 6.93.